The molecule has 0 saturated heterocycles. The Labute approximate surface area is 255 Å². The molecule has 1 aliphatic rings. The van der Waals surface area contributed by atoms with Gasteiger partial charge in [-0.25, -0.2) is 0 Å². The Bertz CT molecular complexity index is 1220. The molecule has 0 bridgehead atoms. The number of hydrogen-bond donors (Lipinski definition) is 2. The third-order valence-electron chi connectivity index (χ3n) is 7.95. The molecule has 0 aromatic heterocycles. The van der Waals surface area contributed by atoms with Crippen LogP contribution in [0.2, 0.25) is 0 Å². The molecule has 0 fully saturated rings. The molecule has 3 rings (SSSR count). The molecule has 5 heteroatoms. The van der Waals surface area contributed by atoms with Crippen LogP contribution in [0, 0.1) is 10.8 Å². The second-order valence-electron chi connectivity index (χ2n) is 14.9. The number of hydrogen-bond acceptors (Lipinski definition) is 3. The fourth-order valence-corrected chi connectivity index (χ4v) is 11.1. The van der Waals surface area contributed by atoms with Crippen LogP contribution >= 0.6 is 15.5 Å². The summed E-state index contributed by atoms with van der Waals surface area (Å²) in [5, 5.41) is 4.02. The number of para-hydroxylation sites is 2. The predicted octanol–water partition coefficient (Wildman–Crippen LogP) is 12.6. The fraction of sp³-hybridized carbons (Fsp3) is 0.556. The van der Waals surface area contributed by atoms with E-state index in [0.29, 0.717) is 23.7 Å². The number of nitrogens with two attached hydrogens (primary N) is 1. The normalized spacial score (nSPS) is 18.8. The average Bonchev–Trinajstić information content (AvgIpc) is 3.18. The summed E-state index contributed by atoms with van der Waals surface area (Å²) in [6.07, 6.45) is 0. The van der Waals surface area contributed by atoms with Crippen LogP contribution in [0.3, 0.4) is 0 Å². The minimum atomic E-state index is -0.959. The van der Waals surface area contributed by atoms with Gasteiger partial charge in [0.05, 0.1) is 13.6 Å². The van der Waals surface area contributed by atoms with Gasteiger partial charge in [0.2, 0.25) is 0 Å². The van der Waals surface area contributed by atoms with Crippen LogP contribution < -0.4 is 15.5 Å². The Morgan fingerprint density at radius 3 is 1.51 bits per heavy atom. The molecule has 2 unspecified atom stereocenters. The molecule has 0 amide bonds. The first-order valence-corrected chi connectivity index (χ1v) is 19.0. The maximum absolute atomic E-state index is 7.42. The summed E-state index contributed by atoms with van der Waals surface area (Å²) in [6.45, 7) is 32.4. The third kappa shape index (κ3) is 7.47. The van der Waals surface area contributed by atoms with Gasteiger partial charge in [0, 0.05) is 35.5 Å². The van der Waals surface area contributed by atoms with Crippen molar-refractivity contribution in [3.8, 4) is 0 Å². The highest BCUT2D eigenvalue weighted by Gasteiger charge is 2.40. The van der Waals surface area contributed by atoms with E-state index in [1.54, 1.807) is 0 Å². The Balaban J connectivity index is 2.23. The van der Waals surface area contributed by atoms with Crippen LogP contribution in [0.15, 0.2) is 59.4 Å². The van der Waals surface area contributed by atoms with Crippen LogP contribution in [0.1, 0.15) is 143 Å². The average molecular weight is 594 g/mol. The van der Waals surface area contributed by atoms with E-state index in [1.165, 1.54) is 45.0 Å². The van der Waals surface area contributed by atoms with E-state index in [4.69, 9.17) is 5.50 Å². The highest BCUT2D eigenvalue weighted by atomic mass is 32.1. The first-order valence-electron chi connectivity index (χ1n) is 15.5. The van der Waals surface area contributed by atoms with Gasteiger partial charge < -0.3 is 9.99 Å². The number of nitrogens with one attached hydrogen (secondary N) is 1. The van der Waals surface area contributed by atoms with Crippen LogP contribution in [0.4, 0.5) is 11.4 Å². The van der Waals surface area contributed by atoms with Gasteiger partial charge in [-0.1, -0.05) is 133 Å². The maximum Gasteiger partial charge on any atom is 0.0995 e. The van der Waals surface area contributed by atoms with Gasteiger partial charge in [-0.15, -0.1) is 0 Å². The van der Waals surface area contributed by atoms with Crippen molar-refractivity contribution in [1.29, 1.82) is 0 Å². The third-order valence-corrected chi connectivity index (χ3v) is 12.9. The van der Waals surface area contributed by atoms with E-state index in [-0.39, 0.29) is 10.8 Å². The molecule has 3 N–H and O–H groups in total. The molecule has 2 aromatic carbocycles. The van der Waals surface area contributed by atoms with Crippen molar-refractivity contribution in [2.24, 2.45) is 16.3 Å². The summed E-state index contributed by atoms with van der Waals surface area (Å²) >= 11 is 0. The number of anilines is 2. The first-order chi connectivity index (χ1) is 18.9. The van der Waals surface area contributed by atoms with Crippen molar-refractivity contribution in [3.05, 3.63) is 81.7 Å². The summed E-state index contributed by atoms with van der Waals surface area (Å²) in [6, 6.07) is 13.6. The molecule has 41 heavy (non-hydrogen) atoms. The predicted molar refractivity (Wildman–Crippen MR) is 188 cm³/mol. The van der Waals surface area contributed by atoms with Crippen molar-refractivity contribution in [2.75, 3.05) is 9.99 Å². The van der Waals surface area contributed by atoms with E-state index in [9.17, 15) is 0 Å². The van der Waals surface area contributed by atoms with E-state index < -0.39 is 15.5 Å². The molecule has 1 heterocycles. The zero-order valence-corrected chi connectivity index (χ0v) is 30.1. The van der Waals surface area contributed by atoms with E-state index >= 15 is 0 Å². The Morgan fingerprint density at radius 2 is 1.15 bits per heavy atom. The first kappa shape index (κ1) is 33.8. The monoisotopic (exact) mass is 593 g/mol. The van der Waals surface area contributed by atoms with Gasteiger partial charge in [-0.2, -0.15) is 0 Å². The molecule has 0 radical (unpaired) electrons. The Morgan fingerprint density at radius 1 is 0.732 bits per heavy atom. The molecule has 0 aliphatic carbocycles. The minimum Gasteiger partial charge on any atom is -0.358 e. The van der Waals surface area contributed by atoms with Gasteiger partial charge >= 0.3 is 0 Å². The highest BCUT2D eigenvalue weighted by molar-refractivity contribution is 8.32. The summed E-state index contributed by atoms with van der Waals surface area (Å²) < 4.78 is 2.57. The van der Waals surface area contributed by atoms with Crippen molar-refractivity contribution in [1.82, 2.24) is 0 Å². The maximum atomic E-state index is 7.42. The summed E-state index contributed by atoms with van der Waals surface area (Å²) in [5.74, 6) is 6.76. The van der Waals surface area contributed by atoms with Crippen LogP contribution in [-0.4, -0.2) is 0 Å². The number of allylic oxidation sites excluding steroid dienone is 2. The van der Waals surface area contributed by atoms with Gasteiger partial charge in [-0.3, -0.25) is 5.50 Å². The van der Waals surface area contributed by atoms with Crippen molar-refractivity contribution >= 4 is 26.9 Å². The van der Waals surface area contributed by atoms with Crippen LogP contribution in [-0.2, 0) is 0 Å². The lowest BCUT2D eigenvalue weighted by Gasteiger charge is -2.38. The lowest BCUT2D eigenvalue weighted by molar-refractivity contribution is 0.500. The molecule has 0 spiro atoms. The standard InChI is InChI=1S/C36H57N3P2/c1-23(2)27-17-15-18-28(24(3)4)33(27)38-31(35(9,10)11)21-40-22-32(36(12,13)14)39(41(40)37)34-29(25(5)6)19-16-20-30(34)26(7)8/h15-26,38H,37H2,1-14H3/b31-21+. The van der Waals surface area contributed by atoms with Crippen molar-refractivity contribution in [3.63, 3.8) is 0 Å². The lowest BCUT2D eigenvalue weighted by Crippen LogP contribution is -2.27. The highest BCUT2D eigenvalue weighted by Crippen LogP contribution is 2.77. The van der Waals surface area contributed by atoms with E-state index in [2.05, 4.69) is 155 Å². The topological polar surface area (TPSA) is 41.3 Å². The lowest BCUT2D eigenvalue weighted by atomic mass is 9.89. The molecular weight excluding hydrogens is 536 g/mol. The number of rotatable bonds is 8. The molecule has 2 aromatic rings. The zero-order chi connectivity index (χ0) is 31.0. The molecule has 0 saturated carbocycles. The number of benzene rings is 2. The quantitative estimate of drug-likeness (QED) is 0.299. The Kier molecular flexibility index (Phi) is 10.7. The fourth-order valence-electron chi connectivity index (χ4n) is 5.42. The van der Waals surface area contributed by atoms with Crippen molar-refractivity contribution < 1.29 is 0 Å². The summed E-state index contributed by atoms with van der Waals surface area (Å²) in [7, 11) is -1.66. The second-order valence-corrected chi connectivity index (χ2v) is 19.8. The van der Waals surface area contributed by atoms with E-state index in [1.807, 2.05) is 0 Å². The SMILES string of the molecule is CC(C)c1cccc(C(C)C)c1N/C(=C/P1C=C(C(C)(C)C)N(c2c(C(C)C)cccc2C(C)C)P1N)C(C)(C)C. The van der Waals surface area contributed by atoms with Gasteiger partial charge in [0.15, 0.2) is 0 Å². The minimum absolute atomic E-state index is 0.0202. The van der Waals surface area contributed by atoms with Gasteiger partial charge in [-0.05, 0) is 57.6 Å². The Hall–Kier alpha value is -1.66. The van der Waals surface area contributed by atoms with Gasteiger partial charge in [0.25, 0.3) is 0 Å². The largest absolute Gasteiger partial charge is 0.358 e. The molecule has 1 aliphatic heterocycles. The second kappa shape index (κ2) is 12.9. The zero-order valence-electron chi connectivity index (χ0n) is 28.3. The smallest absolute Gasteiger partial charge is 0.0995 e. The van der Waals surface area contributed by atoms with Crippen LogP contribution in [0.25, 0.3) is 0 Å². The molecule has 226 valence electrons. The van der Waals surface area contributed by atoms with Gasteiger partial charge in [0.1, 0.15) is 0 Å². The summed E-state index contributed by atoms with van der Waals surface area (Å²) in [5.41, 5.74) is 18.1. The molecular formula is C36H57N3P2. The number of nitrogens with zero attached hydrogens (tertiary/aromatic N) is 1. The molecule has 3 nitrogen and oxygen atoms in total. The van der Waals surface area contributed by atoms with E-state index in [0.717, 1.165) is 0 Å². The molecule has 2 atom stereocenters. The summed E-state index contributed by atoms with van der Waals surface area (Å²) in [4.78, 5) is 0. The van der Waals surface area contributed by atoms with Crippen LogP contribution in [0.5, 0.6) is 0 Å². The van der Waals surface area contributed by atoms with Crippen molar-refractivity contribution in [2.45, 2.75) is 121 Å².